The highest BCUT2D eigenvalue weighted by Crippen LogP contribution is 2.28. The van der Waals surface area contributed by atoms with Crippen molar-refractivity contribution in [2.24, 2.45) is 0 Å². The fourth-order valence-corrected chi connectivity index (χ4v) is 2.51. The van der Waals surface area contributed by atoms with Crippen molar-refractivity contribution < 1.29 is 22.4 Å². The number of aromatic nitrogens is 2. The first kappa shape index (κ1) is 15.0. The molecule has 0 aliphatic heterocycles. The highest BCUT2D eigenvalue weighted by molar-refractivity contribution is 7.90. The van der Waals surface area contributed by atoms with E-state index in [1.165, 1.54) is 12.3 Å². The number of esters is 1. The molecule has 2 heterocycles. The zero-order valence-corrected chi connectivity index (χ0v) is 12.2. The summed E-state index contributed by atoms with van der Waals surface area (Å²) >= 11 is 0. The third kappa shape index (κ3) is 3.02. The first-order valence-electron chi connectivity index (χ1n) is 5.93. The molecule has 0 atom stereocenters. The van der Waals surface area contributed by atoms with Crippen molar-refractivity contribution in [3.63, 3.8) is 0 Å². The number of nitrogen functional groups attached to an aromatic ring is 1. The lowest BCUT2D eigenvalue weighted by molar-refractivity contribution is 0.0521. The number of carbonyl (C=O) groups is 1. The van der Waals surface area contributed by atoms with Gasteiger partial charge in [-0.25, -0.2) is 23.2 Å². The first-order chi connectivity index (χ1) is 9.84. The van der Waals surface area contributed by atoms with Gasteiger partial charge in [0.05, 0.1) is 12.9 Å². The van der Waals surface area contributed by atoms with Crippen LogP contribution in [0.15, 0.2) is 27.8 Å². The van der Waals surface area contributed by atoms with E-state index >= 15 is 0 Å². The molecule has 0 aliphatic carbocycles. The molecule has 0 unspecified atom stereocenters. The van der Waals surface area contributed by atoms with Crippen molar-refractivity contribution in [2.45, 2.75) is 11.9 Å². The van der Waals surface area contributed by atoms with Crippen LogP contribution in [0.1, 0.15) is 17.3 Å². The lowest BCUT2D eigenvalue weighted by Crippen LogP contribution is -2.17. The van der Waals surface area contributed by atoms with Crippen molar-refractivity contribution in [3.05, 3.63) is 24.0 Å². The van der Waals surface area contributed by atoms with Crippen molar-refractivity contribution in [3.8, 4) is 11.5 Å². The normalized spacial score (nSPS) is 11.3. The zero-order chi connectivity index (χ0) is 15.6. The predicted octanol–water partition coefficient (Wildman–Crippen LogP) is 0.899. The van der Waals surface area contributed by atoms with Gasteiger partial charge in [-0.05, 0) is 19.1 Å². The first-order valence-corrected chi connectivity index (χ1v) is 7.82. The van der Waals surface area contributed by atoms with Crippen LogP contribution >= 0.6 is 0 Å². The number of furan rings is 1. The van der Waals surface area contributed by atoms with Crippen LogP contribution in [0.5, 0.6) is 0 Å². The molecule has 8 nitrogen and oxygen atoms in total. The molecular formula is C12H13N3O5S. The minimum Gasteiger partial charge on any atom is -0.463 e. The summed E-state index contributed by atoms with van der Waals surface area (Å²) in [4.78, 5) is 19.6. The fraction of sp³-hybridized carbons (Fsp3) is 0.250. The molecule has 112 valence electrons. The summed E-state index contributed by atoms with van der Waals surface area (Å²) in [5.41, 5.74) is 5.21. The molecule has 0 fully saturated rings. The van der Waals surface area contributed by atoms with Crippen LogP contribution in [0.4, 0.5) is 5.95 Å². The van der Waals surface area contributed by atoms with Crippen LogP contribution < -0.4 is 5.73 Å². The van der Waals surface area contributed by atoms with Gasteiger partial charge in [0.25, 0.3) is 0 Å². The predicted molar refractivity (Wildman–Crippen MR) is 73.2 cm³/mol. The molecule has 9 heteroatoms. The largest absolute Gasteiger partial charge is 0.463 e. The lowest BCUT2D eigenvalue weighted by Gasteiger charge is -2.10. The van der Waals surface area contributed by atoms with Crippen molar-refractivity contribution >= 4 is 21.8 Å². The molecule has 2 N–H and O–H groups in total. The molecule has 0 spiro atoms. The molecule has 21 heavy (non-hydrogen) atoms. The Morgan fingerprint density at radius 1 is 1.43 bits per heavy atom. The minimum absolute atomic E-state index is 0.0219. The van der Waals surface area contributed by atoms with Gasteiger partial charge in [0.2, 0.25) is 5.95 Å². The van der Waals surface area contributed by atoms with Crippen molar-refractivity contribution in [1.82, 2.24) is 9.97 Å². The Balaban J connectivity index is 2.81. The number of ether oxygens (including phenoxy) is 1. The topological polar surface area (TPSA) is 125 Å². The van der Waals surface area contributed by atoms with Crippen LogP contribution in [0.3, 0.4) is 0 Å². The van der Waals surface area contributed by atoms with E-state index in [1.807, 2.05) is 0 Å². The average molecular weight is 311 g/mol. The van der Waals surface area contributed by atoms with Gasteiger partial charge in [0.15, 0.2) is 20.6 Å². The standard InChI is InChI=1S/C12H13N3O5S/c1-3-19-11(16)8-9(7-5-4-6-20-7)14-12(13)15-10(8)21(2,17)18/h4-6H,3H2,1-2H3,(H2,13,14,15). The van der Waals surface area contributed by atoms with Gasteiger partial charge in [-0.1, -0.05) is 0 Å². The Hall–Kier alpha value is -2.42. The third-order valence-electron chi connectivity index (χ3n) is 2.48. The van der Waals surface area contributed by atoms with E-state index in [0.717, 1.165) is 6.26 Å². The Labute approximate surface area is 120 Å². The van der Waals surface area contributed by atoms with E-state index in [1.54, 1.807) is 13.0 Å². The Bertz CT molecular complexity index is 768. The number of hydrogen-bond acceptors (Lipinski definition) is 8. The monoisotopic (exact) mass is 311 g/mol. The number of nitrogens with zero attached hydrogens (tertiary/aromatic N) is 2. The molecule has 0 saturated carbocycles. The van der Waals surface area contributed by atoms with Crippen LogP contribution in [-0.4, -0.2) is 37.2 Å². The number of hydrogen-bond donors (Lipinski definition) is 1. The molecule has 0 radical (unpaired) electrons. The summed E-state index contributed by atoms with van der Waals surface area (Å²) in [7, 11) is -3.81. The number of rotatable bonds is 4. The Morgan fingerprint density at radius 3 is 2.67 bits per heavy atom. The van der Waals surface area contributed by atoms with Crippen LogP contribution in [0.25, 0.3) is 11.5 Å². The number of anilines is 1. The van der Waals surface area contributed by atoms with Gasteiger partial charge < -0.3 is 14.9 Å². The number of carbonyl (C=O) groups excluding carboxylic acids is 1. The second kappa shape index (κ2) is 5.52. The Morgan fingerprint density at radius 2 is 2.14 bits per heavy atom. The van der Waals surface area contributed by atoms with E-state index in [2.05, 4.69) is 9.97 Å². The second-order valence-corrected chi connectivity index (χ2v) is 6.01. The summed E-state index contributed by atoms with van der Waals surface area (Å²) in [5, 5.41) is -0.486. The smallest absolute Gasteiger partial charge is 0.343 e. The molecule has 2 aromatic rings. The zero-order valence-electron chi connectivity index (χ0n) is 11.4. The molecule has 0 amide bonds. The van der Waals surface area contributed by atoms with Gasteiger partial charge in [-0.15, -0.1) is 0 Å². The molecule has 0 saturated heterocycles. The van der Waals surface area contributed by atoms with Crippen molar-refractivity contribution in [1.29, 1.82) is 0 Å². The maximum absolute atomic E-state index is 12.1. The van der Waals surface area contributed by atoms with Gasteiger partial charge >= 0.3 is 5.97 Å². The summed E-state index contributed by atoms with van der Waals surface area (Å²) < 4.78 is 33.7. The summed E-state index contributed by atoms with van der Waals surface area (Å²) in [6.07, 6.45) is 2.28. The van der Waals surface area contributed by atoms with Crippen molar-refractivity contribution in [2.75, 3.05) is 18.6 Å². The quantitative estimate of drug-likeness (QED) is 0.652. The maximum atomic E-state index is 12.1. The van der Waals surface area contributed by atoms with E-state index in [0.29, 0.717) is 0 Å². The number of sulfone groups is 1. The number of nitrogens with two attached hydrogens (primary N) is 1. The van der Waals surface area contributed by atoms with Gasteiger partial charge in [-0.2, -0.15) is 0 Å². The Kier molecular flexibility index (Phi) is 3.94. The van der Waals surface area contributed by atoms with E-state index < -0.39 is 20.8 Å². The van der Waals surface area contributed by atoms with E-state index in [4.69, 9.17) is 14.9 Å². The van der Waals surface area contributed by atoms with E-state index in [-0.39, 0.29) is 29.6 Å². The van der Waals surface area contributed by atoms with Crippen LogP contribution in [-0.2, 0) is 14.6 Å². The highest BCUT2D eigenvalue weighted by atomic mass is 32.2. The summed E-state index contributed by atoms with van der Waals surface area (Å²) in [6, 6.07) is 3.10. The second-order valence-electron chi connectivity index (χ2n) is 4.08. The molecule has 0 aromatic carbocycles. The van der Waals surface area contributed by atoms with Crippen LogP contribution in [0.2, 0.25) is 0 Å². The molecule has 2 rings (SSSR count). The maximum Gasteiger partial charge on any atom is 0.343 e. The van der Waals surface area contributed by atoms with Crippen LogP contribution in [0, 0.1) is 0 Å². The van der Waals surface area contributed by atoms with Gasteiger partial charge in [0, 0.05) is 6.26 Å². The lowest BCUT2D eigenvalue weighted by atomic mass is 10.2. The van der Waals surface area contributed by atoms with Gasteiger partial charge in [0.1, 0.15) is 11.3 Å². The van der Waals surface area contributed by atoms with E-state index in [9.17, 15) is 13.2 Å². The molecule has 0 bridgehead atoms. The average Bonchev–Trinajstić information content (AvgIpc) is 2.90. The molecular weight excluding hydrogens is 298 g/mol. The molecule has 2 aromatic heterocycles. The highest BCUT2D eigenvalue weighted by Gasteiger charge is 2.29. The third-order valence-corrected chi connectivity index (χ3v) is 3.48. The summed E-state index contributed by atoms with van der Waals surface area (Å²) in [5.74, 6) is -0.948. The minimum atomic E-state index is -3.81. The van der Waals surface area contributed by atoms with Gasteiger partial charge in [-0.3, -0.25) is 0 Å². The summed E-state index contributed by atoms with van der Waals surface area (Å²) in [6.45, 7) is 1.67. The molecule has 0 aliphatic rings. The SMILES string of the molecule is CCOC(=O)c1c(-c2ccco2)nc(N)nc1S(C)(=O)=O. The fourth-order valence-electron chi connectivity index (χ4n) is 1.70.